The molecule has 2 aromatic carbocycles. The first-order chi connectivity index (χ1) is 14.4. The summed E-state index contributed by atoms with van der Waals surface area (Å²) in [5, 5.41) is 3.56. The van der Waals surface area contributed by atoms with Crippen molar-refractivity contribution in [2.75, 3.05) is 13.7 Å². The van der Waals surface area contributed by atoms with Crippen LogP contribution in [0.3, 0.4) is 0 Å². The Morgan fingerprint density at radius 3 is 2.47 bits per heavy atom. The van der Waals surface area contributed by atoms with Gasteiger partial charge < -0.3 is 19.8 Å². The van der Waals surface area contributed by atoms with E-state index in [1.807, 2.05) is 44.2 Å². The number of aromatic amines is 1. The monoisotopic (exact) mass is 408 g/mol. The SMILES string of the molecule is COC(=O)[C@@H](Cc1c[nH]c2ccccc12)NC(=O)COC(=O)c1cc(C)cc(C)c1. The molecule has 0 spiro atoms. The molecule has 1 aromatic heterocycles. The Bertz CT molecular complexity index is 1070. The van der Waals surface area contributed by atoms with E-state index < -0.39 is 30.5 Å². The van der Waals surface area contributed by atoms with Gasteiger partial charge in [0.15, 0.2) is 6.61 Å². The van der Waals surface area contributed by atoms with Gasteiger partial charge in [0.25, 0.3) is 5.91 Å². The number of rotatable bonds is 7. The summed E-state index contributed by atoms with van der Waals surface area (Å²) in [5.41, 5.74) is 4.04. The number of carbonyl (C=O) groups excluding carboxylic acids is 3. The number of hydrogen-bond acceptors (Lipinski definition) is 5. The summed E-state index contributed by atoms with van der Waals surface area (Å²) in [6.45, 7) is 3.26. The Balaban J connectivity index is 1.64. The molecule has 156 valence electrons. The van der Waals surface area contributed by atoms with Crippen molar-refractivity contribution in [3.63, 3.8) is 0 Å². The number of carbonyl (C=O) groups is 3. The number of amides is 1. The van der Waals surface area contributed by atoms with Gasteiger partial charge in [0.1, 0.15) is 6.04 Å². The summed E-state index contributed by atoms with van der Waals surface area (Å²) in [4.78, 5) is 39.9. The fraction of sp³-hybridized carbons (Fsp3) is 0.261. The molecule has 1 atom stereocenters. The van der Waals surface area contributed by atoms with Gasteiger partial charge in [-0.3, -0.25) is 4.79 Å². The number of ether oxygens (including phenoxy) is 2. The minimum absolute atomic E-state index is 0.243. The van der Waals surface area contributed by atoms with Crippen molar-refractivity contribution in [2.45, 2.75) is 26.3 Å². The summed E-state index contributed by atoms with van der Waals surface area (Å²) in [6, 6.07) is 12.1. The van der Waals surface area contributed by atoms with Crippen LogP contribution in [-0.4, -0.2) is 42.6 Å². The van der Waals surface area contributed by atoms with E-state index >= 15 is 0 Å². The molecule has 0 saturated carbocycles. The van der Waals surface area contributed by atoms with E-state index in [2.05, 4.69) is 10.3 Å². The second-order valence-electron chi connectivity index (χ2n) is 7.16. The van der Waals surface area contributed by atoms with Gasteiger partial charge in [-0.05, 0) is 37.6 Å². The highest BCUT2D eigenvalue weighted by molar-refractivity contribution is 5.92. The molecule has 0 fully saturated rings. The number of para-hydroxylation sites is 1. The fourth-order valence-corrected chi connectivity index (χ4v) is 3.40. The molecule has 0 unspecified atom stereocenters. The highest BCUT2D eigenvalue weighted by Crippen LogP contribution is 2.19. The van der Waals surface area contributed by atoms with Crippen molar-refractivity contribution in [2.24, 2.45) is 0 Å². The van der Waals surface area contributed by atoms with Gasteiger partial charge in [-0.1, -0.05) is 35.4 Å². The number of aromatic nitrogens is 1. The molecular weight excluding hydrogens is 384 g/mol. The Morgan fingerprint density at radius 1 is 1.07 bits per heavy atom. The first kappa shape index (κ1) is 21.1. The molecule has 0 aliphatic heterocycles. The number of esters is 2. The standard InChI is InChI=1S/C23H24N2O5/c1-14-8-15(2)10-16(9-14)22(27)30-13-21(26)25-20(23(28)29-3)11-17-12-24-19-7-5-4-6-18(17)19/h4-10,12,20,24H,11,13H2,1-3H3,(H,25,26)/t20-/m1/s1. The van der Waals surface area contributed by atoms with Gasteiger partial charge in [-0.2, -0.15) is 0 Å². The van der Waals surface area contributed by atoms with Crippen LogP contribution in [0, 0.1) is 13.8 Å². The highest BCUT2D eigenvalue weighted by Gasteiger charge is 2.24. The Morgan fingerprint density at radius 2 is 1.77 bits per heavy atom. The third-order valence-corrected chi connectivity index (χ3v) is 4.71. The molecule has 0 bridgehead atoms. The maximum atomic E-state index is 12.3. The fourth-order valence-electron chi connectivity index (χ4n) is 3.40. The lowest BCUT2D eigenvalue weighted by Crippen LogP contribution is -2.44. The zero-order valence-electron chi connectivity index (χ0n) is 17.2. The Hall–Kier alpha value is -3.61. The smallest absolute Gasteiger partial charge is 0.338 e. The van der Waals surface area contributed by atoms with Gasteiger partial charge in [-0.15, -0.1) is 0 Å². The number of H-pyrrole nitrogens is 1. The molecule has 0 saturated heterocycles. The average molecular weight is 408 g/mol. The number of fused-ring (bicyclic) bond motifs is 1. The van der Waals surface area contributed by atoms with Crippen molar-refractivity contribution in [3.05, 3.63) is 70.9 Å². The molecular formula is C23H24N2O5. The zero-order valence-corrected chi connectivity index (χ0v) is 17.2. The Labute approximate surface area is 174 Å². The topological polar surface area (TPSA) is 97.5 Å². The quantitative estimate of drug-likeness (QED) is 0.586. The van der Waals surface area contributed by atoms with E-state index in [9.17, 15) is 14.4 Å². The maximum absolute atomic E-state index is 12.3. The third kappa shape index (κ3) is 5.05. The lowest BCUT2D eigenvalue weighted by atomic mass is 10.0. The van der Waals surface area contributed by atoms with E-state index in [4.69, 9.17) is 9.47 Å². The normalized spacial score (nSPS) is 11.7. The second kappa shape index (κ2) is 9.26. The average Bonchev–Trinajstić information content (AvgIpc) is 3.13. The summed E-state index contributed by atoms with van der Waals surface area (Å²) in [6.07, 6.45) is 2.04. The largest absolute Gasteiger partial charge is 0.467 e. The predicted molar refractivity (Wildman–Crippen MR) is 112 cm³/mol. The van der Waals surface area contributed by atoms with Crippen LogP contribution in [0.1, 0.15) is 27.0 Å². The molecule has 3 aromatic rings. The van der Waals surface area contributed by atoms with Crippen LogP contribution in [-0.2, 0) is 25.5 Å². The van der Waals surface area contributed by atoms with E-state index in [-0.39, 0.29) is 6.42 Å². The van der Waals surface area contributed by atoms with Gasteiger partial charge in [0.05, 0.1) is 12.7 Å². The lowest BCUT2D eigenvalue weighted by Gasteiger charge is -2.16. The van der Waals surface area contributed by atoms with Crippen molar-refractivity contribution in [1.29, 1.82) is 0 Å². The molecule has 7 heteroatoms. The van der Waals surface area contributed by atoms with Crippen LogP contribution in [0.4, 0.5) is 0 Å². The van der Waals surface area contributed by atoms with Crippen LogP contribution in [0.2, 0.25) is 0 Å². The number of hydrogen-bond donors (Lipinski definition) is 2. The molecule has 3 rings (SSSR count). The van der Waals surface area contributed by atoms with E-state index in [0.29, 0.717) is 5.56 Å². The van der Waals surface area contributed by atoms with Crippen LogP contribution in [0.25, 0.3) is 10.9 Å². The zero-order chi connectivity index (χ0) is 21.7. The van der Waals surface area contributed by atoms with Gasteiger partial charge in [0.2, 0.25) is 0 Å². The lowest BCUT2D eigenvalue weighted by molar-refractivity contribution is -0.145. The number of methoxy groups -OCH3 is 1. The first-order valence-corrected chi connectivity index (χ1v) is 9.55. The molecule has 0 aliphatic rings. The Kier molecular flexibility index (Phi) is 6.51. The third-order valence-electron chi connectivity index (χ3n) is 4.71. The minimum Gasteiger partial charge on any atom is -0.467 e. The van der Waals surface area contributed by atoms with E-state index in [1.165, 1.54) is 7.11 Å². The molecule has 7 nitrogen and oxygen atoms in total. The minimum atomic E-state index is -0.901. The van der Waals surface area contributed by atoms with Crippen LogP contribution < -0.4 is 5.32 Å². The van der Waals surface area contributed by atoms with Crippen molar-refractivity contribution in [1.82, 2.24) is 10.3 Å². The van der Waals surface area contributed by atoms with Crippen molar-refractivity contribution < 1.29 is 23.9 Å². The van der Waals surface area contributed by atoms with Gasteiger partial charge in [-0.25, -0.2) is 9.59 Å². The molecule has 0 aliphatic carbocycles. The summed E-state index contributed by atoms with van der Waals surface area (Å²) < 4.78 is 9.93. The maximum Gasteiger partial charge on any atom is 0.338 e. The summed E-state index contributed by atoms with van der Waals surface area (Å²) in [5.74, 6) is -1.75. The number of aryl methyl sites for hydroxylation is 2. The number of nitrogens with one attached hydrogen (secondary N) is 2. The van der Waals surface area contributed by atoms with E-state index in [1.54, 1.807) is 18.3 Å². The number of benzene rings is 2. The van der Waals surface area contributed by atoms with E-state index in [0.717, 1.165) is 27.6 Å². The van der Waals surface area contributed by atoms with Crippen LogP contribution in [0.15, 0.2) is 48.7 Å². The summed E-state index contributed by atoms with van der Waals surface area (Å²) >= 11 is 0. The van der Waals surface area contributed by atoms with Gasteiger partial charge >= 0.3 is 11.9 Å². The van der Waals surface area contributed by atoms with Crippen LogP contribution in [0.5, 0.6) is 0 Å². The van der Waals surface area contributed by atoms with Gasteiger partial charge in [0, 0.05) is 23.5 Å². The molecule has 2 N–H and O–H groups in total. The molecule has 1 heterocycles. The summed E-state index contributed by atoms with van der Waals surface area (Å²) in [7, 11) is 1.26. The molecule has 1 amide bonds. The van der Waals surface area contributed by atoms with Crippen molar-refractivity contribution in [3.8, 4) is 0 Å². The highest BCUT2D eigenvalue weighted by atomic mass is 16.5. The van der Waals surface area contributed by atoms with Crippen molar-refractivity contribution >= 4 is 28.7 Å². The molecule has 30 heavy (non-hydrogen) atoms. The van der Waals surface area contributed by atoms with Crippen LogP contribution >= 0.6 is 0 Å². The molecule has 0 radical (unpaired) electrons. The second-order valence-corrected chi connectivity index (χ2v) is 7.16. The predicted octanol–water partition coefficient (Wildman–Crippen LogP) is 2.84. The first-order valence-electron chi connectivity index (χ1n) is 9.55.